The topological polar surface area (TPSA) is 108 Å². The van der Waals surface area contributed by atoms with Crippen molar-refractivity contribution in [1.82, 2.24) is 0 Å². The highest BCUT2D eigenvalue weighted by atomic mass is 79.9. The van der Waals surface area contributed by atoms with Crippen molar-refractivity contribution in [3.63, 3.8) is 0 Å². The fourth-order valence-electron chi connectivity index (χ4n) is 1.33. The number of halogens is 1. The molecule has 0 saturated heterocycles. The molecule has 0 bridgehead atoms. The minimum absolute atomic E-state index is 0.0237. The standard InChI is InChI=1S/C12H14BrN3O4/c1-2-3-10(13)12(17)20-15-11(14)8-4-6-9(7-5-8)16(18)19/h4-7,10H,2-3H2,1H3,(H2,14,15). The van der Waals surface area contributed by atoms with Crippen molar-refractivity contribution >= 4 is 33.4 Å². The average Bonchev–Trinajstić information content (AvgIpc) is 2.44. The first-order chi connectivity index (χ1) is 9.45. The highest BCUT2D eigenvalue weighted by molar-refractivity contribution is 9.10. The SMILES string of the molecule is CCCC(Br)C(=O)O/N=C(\N)c1ccc([N+](=O)[O-])cc1. The Bertz CT molecular complexity index is 516. The Hall–Kier alpha value is -1.96. The number of hydrogen-bond acceptors (Lipinski definition) is 5. The molecule has 2 N–H and O–H groups in total. The van der Waals surface area contributed by atoms with Crippen molar-refractivity contribution in [2.24, 2.45) is 10.9 Å². The molecule has 8 heteroatoms. The van der Waals surface area contributed by atoms with E-state index in [1.807, 2.05) is 6.92 Å². The van der Waals surface area contributed by atoms with Crippen LogP contribution in [-0.2, 0) is 9.63 Å². The second-order valence-corrected chi connectivity index (χ2v) is 5.05. The number of rotatable bonds is 6. The molecular weight excluding hydrogens is 330 g/mol. The maximum absolute atomic E-state index is 11.5. The van der Waals surface area contributed by atoms with Crippen LogP contribution in [0.4, 0.5) is 5.69 Å². The zero-order valence-corrected chi connectivity index (χ0v) is 12.4. The Morgan fingerprint density at radius 1 is 1.50 bits per heavy atom. The second kappa shape index (κ2) is 7.59. The van der Waals surface area contributed by atoms with Gasteiger partial charge in [-0.3, -0.25) is 10.1 Å². The molecule has 20 heavy (non-hydrogen) atoms. The average molecular weight is 344 g/mol. The largest absolute Gasteiger partial charge is 0.380 e. The molecule has 0 fully saturated rings. The zero-order chi connectivity index (χ0) is 15.1. The summed E-state index contributed by atoms with van der Waals surface area (Å²) in [6, 6.07) is 5.46. The number of nitro groups is 1. The molecule has 0 spiro atoms. The molecule has 1 rings (SSSR count). The predicted molar refractivity (Wildman–Crippen MR) is 77.5 cm³/mol. The van der Waals surface area contributed by atoms with E-state index in [2.05, 4.69) is 21.1 Å². The number of oxime groups is 1. The van der Waals surface area contributed by atoms with Crippen molar-refractivity contribution in [3.05, 3.63) is 39.9 Å². The molecule has 1 aromatic rings. The molecule has 0 amide bonds. The van der Waals surface area contributed by atoms with Gasteiger partial charge in [-0.1, -0.05) is 34.4 Å². The summed E-state index contributed by atoms with van der Waals surface area (Å²) < 4.78 is 0. The van der Waals surface area contributed by atoms with E-state index in [1.165, 1.54) is 24.3 Å². The van der Waals surface area contributed by atoms with Crippen LogP contribution in [0.15, 0.2) is 29.4 Å². The molecule has 7 nitrogen and oxygen atoms in total. The lowest BCUT2D eigenvalue weighted by molar-refractivity contribution is -0.384. The van der Waals surface area contributed by atoms with Gasteiger partial charge in [0.1, 0.15) is 4.83 Å². The summed E-state index contributed by atoms with van der Waals surface area (Å²) in [4.78, 5) is 25.7. The van der Waals surface area contributed by atoms with Crippen LogP contribution in [0.5, 0.6) is 0 Å². The normalized spacial score (nSPS) is 12.8. The van der Waals surface area contributed by atoms with Crippen LogP contribution in [0.1, 0.15) is 25.3 Å². The predicted octanol–water partition coefficient (Wildman–Crippen LogP) is 2.32. The molecule has 1 aromatic carbocycles. The summed E-state index contributed by atoms with van der Waals surface area (Å²) in [5.74, 6) is -0.554. The van der Waals surface area contributed by atoms with Gasteiger partial charge in [0.2, 0.25) is 0 Å². The molecule has 0 aliphatic heterocycles. The molecule has 0 aliphatic carbocycles. The van der Waals surface area contributed by atoms with E-state index >= 15 is 0 Å². The van der Waals surface area contributed by atoms with Crippen LogP contribution in [0.25, 0.3) is 0 Å². The minimum Gasteiger partial charge on any atom is -0.380 e. The first-order valence-corrected chi connectivity index (χ1v) is 6.80. The van der Waals surface area contributed by atoms with Crippen LogP contribution in [-0.4, -0.2) is 21.6 Å². The van der Waals surface area contributed by atoms with E-state index in [4.69, 9.17) is 10.6 Å². The van der Waals surface area contributed by atoms with E-state index in [0.29, 0.717) is 12.0 Å². The van der Waals surface area contributed by atoms with E-state index in [1.54, 1.807) is 0 Å². The first-order valence-electron chi connectivity index (χ1n) is 5.89. The smallest absolute Gasteiger partial charge is 0.348 e. The Kier molecular flexibility index (Phi) is 6.10. The number of hydrogen-bond donors (Lipinski definition) is 1. The molecule has 0 saturated carbocycles. The highest BCUT2D eigenvalue weighted by Crippen LogP contribution is 2.13. The summed E-state index contributed by atoms with van der Waals surface area (Å²) in [5, 5.41) is 14.0. The van der Waals surface area contributed by atoms with Crippen molar-refractivity contribution in [3.8, 4) is 0 Å². The quantitative estimate of drug-likeness (QED) is 0.213. The van der Waals surface area contributed by atoms with Gasteiger partial charge in [-0.25, -0.2) is 4.79 Å². The van der Waals surface area contributed by atoms with Gasteiger partial charge >= 0.3 is 5.97 Å². The van der Waals surface area contributed by atoms with Crippen LogP contribution >= 0.6 is 15.9 Å². The number of carbonyl (C=O) groups is 1. The maximum atomic E-state index is 11.5. The summed E-state index contributed by atoms with van der Waals surface area (Å²) >= 11 is 3.18. The Balaban J connectivity index is 2.69. The third-order valence-electron chi connectivity index (χ3n) is 2.41. The summed E-state index contributed by atoms with van der Waals surface area (Å²) in [5.41, 5.74) is 6.01. The third kappa shape index (κ3) is 4.61. The Morgan fingerprint density at radius 2 is 2.10 bits per heavy atom. The lowest BCUT2D eigenvalue weighted by Gasteiger charge is -2.05. The van der Waals surface area contributed by atoms with E-state index in [0.717, 1.165) is 6.42 Å². The molecule has 0 aromatic heterocycles. The number of carbonyl (C=O) groups excluding carboxylic acids is 1. The van der Waals surface area contributed by atoms with E-state index < -0.39 is 15.7 Å². The molecule has 0 heterocycles. The minimum atomic E-state index is -0.531. The van der Waals surface area contributed by atoms with Gasteiger partial charge in [0, 0.05) is 17.7 Å². The van der Waals surface area contributed by atoms with Crippen LogP contribution < -0.4 is 5.73 Å². The highest BCUT2D eigenvalue weighted by Gasteiger charge is 2.16. The molecule has 0 radical (unpaired) electrons. The van der Waals surface area contributed by atoms with Gasteiger partial charge in [-0.2, -0.15) is 0 Å². The van der Waals surface area contributed by atoms with E-state index in [9.17, 15) is 14.9 Å². The van der Waals surface area contributed by atoms with Gasteiger partial charge in [0.05, 0.1) is 4.92 Å². The third-order valence-corrected chi connectivity index (χ3v) is 3.24. The van der Waals surface area contributed by atoms with Crippen LogP contribution in [0, 0.1) is 10.1 Å². The molecular formula is C12H14BrN3O4. The molecule has 1 atom stereocenters. The number of nitrogens with zero attached hydrogens (tertiary/aromatic N) is 2. The lowest BCUT2D eigenvalue weighted by Crippen LogP contribution is -2.19. The van der Waals surface area contributed by atoms with Crippen molar-refractivity contribution in [1.29, 1.82) is 0 Å². The van der Waals surface area contributed by atoms with Crippen molar-refractivity contribution < 1.29 is 14.6 Å². The lowest BCUT2D eigenvalue weighted by atomic mass is 10.2. The summed E-state index contributed by atoms with van der Waals surface area (Å²) in [6.07, 6.45) is 1.46. The van der Waals surface area contributed by atoms with Crippen molar-refractivity contribution in [2.75, 3.05) is 0 Å². The summed E-state index contributed by atoms with van der Waals surface area (Å²) in [6.45, 7) is 1.94. The number of nitro benzene ring substituents is 1. The van der Waals surface area contributed by atoms with Gasteiger partial charge in [0.15, 0.2) is 5.84 Å². The molecule has 0 aliphatic rings. The molecule has 1 unspecified atom stereocenters. The van der Waals surface area contributed by atoms with Crippen molar-refractivity contribution in [2.45, 2.75) is 24.6 Å². The second-order valence-electron chi connectivity index (χ2n) is 3.95. The Labute approximate surface area is 124 Å². The zero-order valence-electron chi connectivity index (χ0n) is 10.8. The maximum Gasteiger partial charge on any atom is 0.348 e. The van der Waals surface area contributed by atoms with Gasteiger partial charge in [-0.15, -0.1) is 0 Å². The van der Waals surface area contributed by atoms with E-state index in [-0.39, 0.29) is 11.5 Å². The number of amidine groups is 1. The van der Waals surface area contributed by atoms with Crippen LogP contribution in [0.3, 0.4) is 0 Å². The number of non-ortho nitro benzene ring substituents is 1. The number of nitrogens with two attached hydrogens (primary N) is 1. The fraction of sp³-hybridized carbons (Fsp3) is 0.333. The first kappa shape index (κ1) is 16.1. The molecule has 108 valence electrons. The van der Waals surface area contributed by atoms with Gasteiger partial charge in [-0.05, 0) is 18.6 Å². The van der Waals surface area contributed by atoms with Crippen LogP contribution in [0.2, 0.25) is 0 Å². The monoisotopic (exact) mass is 343 g/mol. The fourth-order valence-corrected chi connectivity index (χ4v) is 1.87. The summed E-state index contributed by atoms with van der Waals surface area (Å²) in [7, 11) is 0. The van der Waals surface area contributed by atoms with Gasteiger partial charge < -0.3 is 10.6 Å². The number of alkyl halides is 1. The number of benzene rings is 1. The Morgan fingerprint density at radius 3 is 2.60 bits per heavy atom. The van der Waals surface area contributed by atoms with Gasteiger partial charge in [0.25, 0.3) is 5.69 Å².